The van der Waals surface area contributed by atoms with Gasteiger partial charge in [0.25, 0.3) is 0 Å². The van der Waals surface area contributed by atoms with Crippen molar-refractivity contribution in [1.82, 2.24) is 10.2 Å². The molecule has 1 N–H and O–H groups in total. The zero-order valence-corrected chi connectivity index (χ0v) is 26.2. The topological polar surface area (TPSA) is 86.8 Å². The van der Waals surface area contributed by atoms with Crippen molar-refractivity contribution in [2.24, 2.45) is 0 Å². The predicted molar refractivity (Wildman–Crippen MR) is 166 cm³/mol. The number of nitrogens with one attached hydrogen (secondary N) is 1. The summed E-state index contributed by atoms with van der Waals surface area (Å²) in [6.07, 6.45) is 1.71. The first-order valence-electron chi connectivity index (χ1n) is 14.1. The maximum atomic E-state index is 13.9. The summed E-state index contributed by atoms with van der Waals surface area (Å²) in [5.41, 5.74) is 3.45. The molecule has 7 nitrogen and oxygen atoms in total. The van der Waals surface area contributed by atoms with E-state index in [0.29, 0.717) is 11.3 Å². The number of aryl methyl sites for hydroxylation is 1. The predicted octanol–water partition coefficient (Wildman–Crippen LogP) is 5.54. The van der Waals surface area contributed by atoms with Crippen LogP contribution in [0.2, 0.25) is 0 Å². The van der Waals surface area contributed by atoms with E-state index >= 15 is 0 Å². The number of sulfonamides is 1. The van der Waals surface area contributed by atoms with Crippen LogP contribution in [0.3, 0.4) is 0 Å². The van der Waals surface area contributed by atoms with Crippen molar-refractivity contribution in [2.45, 2.75) is 72.0 Å². The molecule has 0 aliphatic heterocycles. The van der Waals surface area contributed by atoms with Crippen molar-refractivity contribution in [1.29, 1.82) is 0 Å². The van der Waals surface area contributed by atoms with Gasteiger partial charge in [-0.1, -0.05) is 54.6 Å². The summed E-state index contributed by atoms with van der Waals surface area (Å²) < 4.78 is 40.5. The van der Waals surface area contributed by atoms with E-state index in [2.05, 4.69) is 5.32 Å². The summed E-state index contributed by atoms with van der Waals surface area (Å²) in [5, 5.41) is 3.02. The van der Waals surface area contributed by atoms with E-state index in [1.807, 2.05) is 77.1 Å². The van der Waals surface area contributed by atoms with Crippen LogP contribution in [0.4, 0.5) is 10.1 Å². The van der Waals surface area contributed by atoms with Crippen LogP contribution in [0.1, 0.15) is 55.9 Å². The number of carbonyl (C=O) groups is 2. The van der Waals surface area contributed by atoms with Crippen LogP contribution in [0.25, 0.3) is 0 Å². The van der Waals surface area contributed by atoms with Crippen molar-refractivity contribution in [2.75, 3.05) is 17.1 Å². The molecule has 1 atom stereocenters. The Morgan fingerprint density at radius 2 is 1.55 bits per heavy atom. The molecule has 0 aliphatic carbocycles. The van der Waals surface area contributed by atoms with Crippen LogP contribution in [-0.2, 0) is 32.6 Å². The average molecular weight is 596 g/mol. The van der Waals surface area contributed by atoms with Crippen LogP contribution in [0, 0.1) is 19.7 Å². The normalized spacial score (nSPS) is 12.5. The lowest BCUT2D eigenvalue weighted by atomic mass is 10.00. The summed E-state index contributed by atoms with van der Waals surface area (Å²) in [6, 6.07) is 20.0. The molecule has 2 amide bonds. The SMILES string of the molecule is Cc1cccc(N(CCCC(=O)N(Cc2ccc(F)cc2)C(Cc2ccccc2)C(=O)NC(C)(C)C)S(C)(=O)=O)c1C. The van der Waals surface area contributed by atoms with Gasteiger partial charge >= 0.3 is 0 Å². The van der Waals surface area contributed by atoms with Crippen molar-refractivity contribution < 1.29 is 22.4 Å². The third-order valence-electron chi connectivity index (χ3n) is 7.03. The van der Waals surface area contributed by atoms with E-state index in [9.17, 15) is 22.4 Å². The van der Waals surface area contributed by atoms with Crippen LogP contribution in [-0.4, -0.2) is 49.5 Å². The fraction of sp³-hybridized carbons (Fsp3) is 0.394. The van der Waals surface area contributed by atoms with Crippen LogP contribution < -0.4 is 9.62 Å². The fourth-order valence-corrected chi connectivity index (χ4v) is 5.80. The Hall–Kier alpha value is -3.72. The van der Waals surface area contributed by atoms with Gasteiger partial charge in [-0.25, -0.2) is 12.8 Å². The number of hydrogen-bond donors (Lipinski definition) is 1. The minimum absolute atomic E-state index is 0.0200. The Labute approximate surface area is 249 Å². The van der Waals surface area contributed by atoms with E-state index in [1.165, 1.54) is 21.3 Å². The quantitative estimate of drug-likeness (QED) is 0.298. The van der Waals surface area contributed by atoms with Gasteiger partial charge in [-0.3, -0.25) is 13.9 Å². The molecule has 9 heteroatoms. The molecule has 0 aliphatic rings. The summed E-state index contributed by atoms with van der Waals surface area (Å²) in [5.74, 6) is -0.982. The molecule has 3 aromatic rings. The molecular formula is C33H42FN3O4S. The minimum atomic E-state index is -3.61. The molecular weight excluding hydrogens is 553 g/mol. The first-order valence-corrected chi connectivity index (χ1v) is 15.9. The Morgan fingerprint density at radius 1 is 0.905 bits per heavy atom. The van der Waals surface area contributed by atoms with Crippen LogP contribution in [0.15, 0.2) is 72.8 Å². The number of carbonyl (C=O) groups excluding carboxylic acids is 2. The number of halogens is 1. The van der Waals surface area contributed by atoms with Gasteiger partial charge in [-0.2, -0.15) is 0 Å². The lowest BCUT2D eigenvalue weighted by Gasteiger charge is -2.34. The van der Waals surface area contributed by atoms with Crippen LogP contribution in [0.5, 0.6) is 0 Å². The molecule has 0 bridgehead atoms. The van der Waals surface area contributed by atoms with Gasteiger partial charge in [0.15, 0.2) is 0 Å². The molecule has 0 heterocycles. The largest absolute Gasteiger partial charge is 0.350 e. The summed E-state index contributed by atoms with van der Waals surface area (Å²) >= 11 is 0. The molecule has 1 unspecified atom stereocenters. The zero-order chi connectivity index (χ0) is 31.1. The Bertz CT molecular complexity index is 1470. The van der Waals surface area contributed by atoms with Gasteiger partial charge in [0.05, 0.1) is 11.9 Å². The van der Waals surface area contributed by atoms with Gasteiger partial charge < -0.3 is 10.2 Å². The maximum Gasteiger partial charge on any atom is 0.243 e. The van der Waals surface area contributed by atoms with Crippen molar-refractivity contribution in [3.63, 3.8) is 0 Å². The molecule has 3 rings (SSSR count). The summed E-state index contributed by atoms with van der Waals surface area (Å²) in [6.45, 7) is 9.64. The first kappa shape index (κ1) is 32.8. The van der Waals surface area contributed by atoms with Gasteiger partial charge in [0.1, 0.15) is 11.9 Å². The highest BCUT2D eigenvalue weighted by Crippen LogP contribution is 2.26. The monoisotopic (exact) mass is 595 g/mol. The first-order chi connectivity index (χ1) is 19.7. The van der Waals surface area contributed by atoms with Crippen LogP contribution >= 0.6 is 0 Å². The number of hydrogen-bond acceptors (Lipinski definition) is 4. The number of anilines is 1. The molecule has 3 aromatic carbocycles. The van der Waals surface area contributed by atoms with E-state index in [-0.39, 0.29) is 44.2 Å². The van der Waals surface area contributed by atoms with E-state index < -0.39 is 27.4 Å². The molecule has 42 heavy (non-hydrogen) atoms. The lowest BCUT2D eigenvalue weighted by molar-refractivity contribution is -0.142. The number of amides is 2. The second kappa shape index (κ2) is 14.0. The highest BCUT2D eigenvalue weighted by atomic mass is 32.2. The average Bonchev–Trinajstić information content (AvgIpc) is 2.90. The van der Waals surface area contributed by atoms with Gasteiger partial charge in [-0.05, 0) is 81.5 Å². The van der Waals surface area contributed by atoms with Crippen molar-refractivity contribution in [3.05, 3.63) is 101 Å². The molecule has 0 aromatic heterocycles. The van der Waals surface area contributed by atoms with E-state index in [0.717, 1.165) is 22.9 Å². The van der Waals surface area contributed by atoms with Crippen molar-refractivity contribution in [3.8, 4) is 0 Å². The molecule has 0 fully saturated rings. The minimum Gasteiger partial charge on any atom is -0.350 e. The van der Waals surface area contributed by atoms with Crippen molar-refractivity contribution >= 4 is 27.5 Å². The van der Waals surface area contributed by atoms with E-state index in [4.69, 9.17) is 0 Å². The Balaban J connectivity index is 1.92. The number of rotatable bonds is 12. The highest BCUT2D eigenvalue weighted by Gasteiger charge is 2.32. The Kier molecular flexibility index (Phi) is 10.9. The molecule has 0 radical (unpaired) electrons. The van der Waals surface area contributed by atoms with Gasteiger partial charge in [0, 0.05) is 31.5 Å². The third-order valence-corrected chi connectivity index (χ3v) is 8.21. The van der Waals surface area contributed by atoms with E-state index in [1.54, 1.807) is 18.2 Å². The summed E-state index contributed by atoms with van der Waals surface area (Å²) in [4.78, 5) is 29.1. The number of nitrogens with zero attached hydrogens (tertiary/aromatic N) is 2. The molecule has 226 valence electrons. The highest BCUT2D eigenvalue weighted by molar-refractivity contribution is 7.92. The second-order valence-corrected chi connectivity index (χ2v) is 13.7. The zero-order valence-electron chi connectivity index (χ0n) is 25.4. The fourth-order valence-electron chi connectivity index (χ4n) is 4.78. The van der Waals surface area contributed by atoms with Gasteiger partial charge in [-0.15, -0.1) is 0 Å². The Morgan fingerprint density at radius 3 is 2.14 bits per heavy atom. The summed E-state index contributed by atoms with van der Waals surface area (Å²) in [7, 11) is -3.61. The molecule has 0 saturated heterocycles. The standard InChI is InChI=1S/C33H42FN3O4S/c1-24-12-10-15-29(25(24)2)37(42(6,40)41)21-11-16-31(38)36(23-27-17-19-28(34)20-18-27)30(32(39)35-33(3,4)5)22-26-13-8-7-9-14-26/h7-10,12-15,17-20,30H,11,16,21-23H2,1-6H3,(H,35,39). The second-order valence-electron chi connectivity index (χ2n) is 11.8. The lowest BCUT2D eigenvalue weighted by Crippen LogP contribution is -2.54. The molecule has 0 spiro atoms. The third kappa shape index (κ3) is 9.41. The maximum absolute atomic E-state index is 13.9. The molecule has 0 saturated carbocycles. The smallest absolute Gasteiger partial charge is 0.243 e. The number of benzene rings is 3. The van der Waals surface area contributed by atoms with Gasteiger partial charge in [0.2, 0.25) is 21.8 Å².